The van der Waals surface area contributed by atoms with E-state index in [9.17, 15) is 4.79 Å². The van der Waals surface area contributed by atoms with E-state index in [4.69, 9.17) is 34.4 Å². The molecule has 1 rings (SSSR count). The molecule has 0 aliphatic rings. The number of rotatable bonds is 2. The van der Waals surface area contributed by atoms with Crippen molar-refractivity contribution in [2.45, 2.75) is 19.4 Å². The Morgan fingerprint density at radius 2 is 1.94 bits per heavy atom. The standard InChI is InChI=1S/C10H8Cl2N2O2/c1-4-10(2,3)16-9(15)6-7(11)13-5-14-8(6)12/h1,5H,2-3H3. The number of carbonyl (C=O) groups is 1. The third kappa shape index (κ3) is 2.84. The van der Waals surface area contributed by atoms with E-state index in [1.165, 1.54) is 0 Å². The highest BCUT2D eigenvalue weighted by Gasteiger charge is 2.25. The first-order valence-electron chi connectivity index (χ1n) is 4.24. The van der Waals surface area contributed by atoms with Crippen LogP contribution in [0.1, 0.15) is 24.2 Å². The summed E-state index contributed by atoms with van der Waals surface area (Å²) in [5.74, 6) is 1.56. The summed E-state index contributed by atoms with van der Waals surface area (Å²) in [5.41, 5.74) is -1.13. The summed E-state index contributed by atoms with van der Waals surface area (Å²) in [5, 5.41) is -0.143. The number of esters is 1. The van der Waals surface area contributed by atoms with Crippen LogP contribution in [0.15, 0.2) is 6.33 Å². The van der Waals surface area contributed by atoms with E-state index in [2.05, 4.69) is 15.9 Å². The quantitative estimate of drug-likeness (QED) is 0.464. The molecule has 6 heteroatoms. The lowest BCUT2D eigenvalue weighted by Gasteiger charge is -2.18. The van der Waals surface area contributed by atoms with E-state index in [0.717, 1.165) is 6.33 Å². The van der Waals surface area contributed by atoms with Crippen molar-refractivity contribution < 1.29 is 9.53 Å². The Morgan fingerprint density at radius 3 is 2.38 bits per heavy atom. The van der Waals surface area contributed by atoms with Crippen molar-refractivity contribution in [2.24, 2.45) is 0 Å². The van der Waals surface area contributed by atoms with Gasteiger partial charge in [-0.2, -0.15) is 0 Å². The number of halogens is 2. The average molecular weight is 259 g/mol. The van der Waals surface area contributed by atoms with E-state index in [1.807, 2.05) is 0 Å². The molecule has 1 aromatic heterocycles. The van der Waals surface area contributed by atoms with Crippen molar-refractivity contribution in [2.75, 3.05) is 0 Å². The summed E-state index contributed by atoms with van der Waals surface area (Å²) >= 11 is 11.4. The van der Waals surface area contributed by atoms with Gasteiger partial charge in [-0.1, -0.05) is 29.1 Å². The lowest BCUT2D eigenvalue weighted by molar-refractivity contribution is 0.0204. The highest BCUT2D eigenvalue weighted by atomic mass is 35.5. The predicted octanol–water partition coefficient (Wildman–Crippen LogP) is 2.35. The van der Waals surface area contributed by atoms with Gasteiger partial charge in [0.25, 0.3) is 0 Å². The molecule has 0 saturated carbocycles. The SMILES string of the molecule is C#CC(C)(C)OC(=O)c1c(Cl)ncnc1Cl. The number of carbonyl (C=O) groups excluding carboxylic acids is 1. The molecular weight excluding hydrogens is 251 g/mol. The Morgan fingerprint density at radius 1 is 1.44 bits per heavy atom. The molecule has 0 aromatic carbocycles. The molecule has 0 saturated heterocycles. The number of ether oxygens (including phenoxy) is 1. The van der Waals surface area contributed by atoms with Gasteiger partial charge in [0.15, 0.2) is 5.60 Å². The van der Waals surface area contributed by atoms with Crippen LogP contribution in [0, 0.1) is 12.3 Å². The topological polar surface area (TPSA) is 52.1 Å². The first-order chi connectivity index (χ1) is 7.37. The van der Waals surface area contributed by atoms with Gasteiger partial charge in [-0.3, -0.25) is 0 Å². The molecule has 0 N–H and O–H groups in total. The minimum absolute atomic E-state index is 0.0715. The Hall–Kier alpha value is -1.31. The third-order valence-corrected chi connectivity index (χ3v) is 2.23. The van der Waals surface area contributed by atoms with E-state index in [1.54, 1.807) is 13.8 Å². The van der Waals surface area contributed by atoms with Crippen LogP contribution in [-0.4, -0.2) is 21.5 Å². The summed E-state index contributed by atoms with van der Waals surface area (Å²) in [7, 11) is 0. The van der Waals surface area contributed by atoms with Gasteiger partial charge in [0.1, 0.15) is 22.2 Å². The Balaban J connectivity index is 3.04. The molecule has 16 heavy (non-hydrogen) atoms. The van der Waals surface area contributed by atoms with Gasteiger partial charge in [0.2, 0.25) is 0 Å². The summed E-state index contributed by atoms with van der Waals surface area (Å²) in [6.07, 6.45) is 6.33. The highest BCUT2D eigenvalue weighted by molar-refractivity contribution is 6.37. The number of hydrogen-bond acceptors (Lipinski definition) is 4. The Labute approximate surface area is 103 Å². The molecule has 0 amide bonds. The summed E-state index contributed by atoms with van der Waals surface area (Å²) in [6, 6.07) is 0. The van der Waals surface area contributed by atoms with Gasteiger partial charge in [0.05, 0.1) is 0 Å². The van der Waals surface area contributed by atoms with E-state index < -0.39 is 11.6 Å². The lowest BCUT2D eigenvalue weighted by Crippen LogP contribution is -2.26. The van der Waals surface area contributed by atoms with Crippen LogP contribution < -0.4 is 0 Å². The maximum atomic E-state index is 11.7. The van der Waals surface area contributed by atoms with Crippen molar-refractivity contribution in [3.05, 3.63) is 22.2 Å². The van der Waals surface area contributed by atoms with Crippen molar-refractivity contribution in [1.82, 2.24) is 9.97 Å². The van der Waals surface area contributed by atoms with Gasteiger partial charge in [0, 0.05) is 0 Å². The molecule has 0 unspecified atom stereocenters. The molecule has 0 aliphatic heterocycles. The normalized spacial score (nSPS) is 10.7. The molecule has 0 bridgehead atoms. The fourth-order valence-electron chi connectivity index (χ4n) is 0.825. The van der Waals surface area contributed by atoms with E-state index in [-0.39, 0.29) is 15.9 Å². The molecule has 0 atom stereocenters. The highest BCUT2D eigenvalue weighted by Crippen LogP contribution is 2.22. The van der Waals surface area contributed by atoms with Gasteiger partial charge < -0.3 is 4.74 Å². The van der Waals surface area contributed by atoms with Crippen LogP contribution in [0.2, 0.25) is 10.3 Å². The van der Waals surface area contributed by atoms with Crippen LogP contribution in [-0.2, 0) is 4.74 Å². The maximum absolute atomic E-state index is 11.7. The number of terminal acetylenes is 1. The Kier molecular flexibility index (Phi) is 3.74. The second-order valence-corrected chi connectivity index (χ2v) is 4.09. The zero-order valence-electron chi connectivity index (χ0n) is 8.62. The molecule has 1 aromatic rings. The fourth-order valence-corrected chi connectivity index (χ4v) is 1.29. The summed E-state index contributed by atoms with van der Waals surface area (Å²) in [6.45, 7) is 3.13. The van der Waals surface area contributed by atoms with Crippen molar-refractivity contribution >= 4 is 29.2 Å². The van der Waals surface area contributed by atoms with Gasteiger partial charge in [-0.15, -0.1) is 6.42 Å². The fraction of sp³-hybridized carbons (Fsp3) is 0.300. The summed E-state index contributed by atoms with van der Waals surface area (Å²) in [4.78, 5) is 19.0. The minimum Gasteiger partial charge on any atom is -0.443 e. The first kappa shape index (κ1) is 12.8. The molecule has 84 valence electrons. The molecule has 0 fully saturated rings. The van der Waals surface area contributed by atoms with E-state index in [0.29, 0.717) is 0 Å². The molecule has 0 spiro atoms. The number of hydrogen-bond donors (Lipinski definition) is 0. The molecule has 0 radical (unpaired) electrons. The molecule has 4 nitrogen and oxygen atoms in total. The van der Waals surface area contributed by atoms with Gasteiger partial charge in [-0.25, -0.2) is 14.8 Å². The van der Waals surface area contributed by atoms with Crippen molar-refractivity contribution in [3.63, 3.8) is 0 Å². The second-order valence-electron chi connectivity index (χ2n) is 3.37. The smallest absolute Gasteiger partial charge is 0.345 e. The van der Waals surface area contributed by atoms with Crippen LogP contribution >= 0.6 is 23.2 Å². The first-order valence-corrected chi connectivity index (χ1v) is 5.00. The maximum Gasteiger partial charge on any atom is 0.345 e. The zero-order chi connectivity index (χ0) is 12.3. The molecule has 1 heterocycles. The summed E-state index contributed by atoms with van der Waals surface area (Å²) < 4.78 is 5.01. The minimum atomic E-state index is -1.04. The van der Waals surface area contributed by atoms with Crippen LogP contribution in [0.3, 0.4) is 0 Å². The third-order valence-electron chi connectivity index (χ3n) is 1.65. The van der Waals surface area contributed by atoms with Crippen LogP contribution in [0.25, 0.3) is 0 Å². The van der Waals surface area contributed by atoms with Gasteiger partial charge in [-0.05, 0) is 13.8 Å². The predicted molar refractivity (Wildman–Crippen MR) is 60.4 cm³/mol. The largest absolute Gasteiger partial charge is 0.443 e. The second kappa shape index (κ2) is 4.69. The van der Waals surface area contributed by atoms with Crippen molar-refractivity contribution in [1.29, 1.82) is 0 Å². The molecular formula is C10H8Cl2N2O2. The lowest BCUT2D eigenvalue weighted by atomic mass is 10.1. The average Bonchev–Trinajstić information content (AvgIpc) is 2.16. The zero-order valence-corrected chi connectivity index (χ0v) is 10.1. The van der Waals surface area contributed by atoms with Crippen LogP contribution in [0.4, 0.5) is 0 Å². The van der Waals surface area contributed by atoms with Crippen LogP contribution in [0.5, 0.6) is 0 Å². The van der Waals surface area contributed by atoms with E-state index >= 15 is 0 Å². The monoisotopic (exact) mass is 258 g/mol. The Bertz CT molecular complexity index is 446. The number of nitrogens with zero attached hydrogens (tertiary/aromatic N) is 2. The number of aromatic nitrogens is 2. The van der Waals surface area contributed by atoms with Crippen molar-refractivity contribution in [3.8, 4) is 12.3 Å². The van der Waals surface area contributed by atoms with Gasteiger partial charge >= 0.3 is 5.97 Å². The molecule has 0 aliphatic carbocycles.